The number of halogens is 1. The third kappa shape index (κ3) is 3.98. The van der Waals surface area contributed by atoms with Crippen molar-refractivity contribution in [2.45, 2.75) is 25.8 Å². The first-order valence-electron chi connectivity index (χ1n) is 9.03. The van der Waals surface area contributed by atoms with Crippen molar-refractivity contribution >= 4 is 23.2 Å². The molecule has 4 rings (SSSR count). The summed E-state index contributed by atoms with van der Waals surface area (Å²) in [6.45, 7) is 0.918. The quantitative estimate of drug-likeness (QED) is 0.705. The number of anilines is 1. The van der Waals surface area contributed by atoms with Gasteiger partial charge >= 0.3 is 0 Å². The fourth-order valence-corrected chi connectivity index (χ4v) is 3.46. The van der Waals surface area contributed by atoms with E-state index in [-0.39, 0.29) is 12.5 Å². The summed E-state index contributed by atoms with van der Waals surface area (Å²) < 4.78 is 7.74. The molecule has 0 saturated heterocycles. The average Bonchev–Trinajstić information content (AvgIpc) is 3.12. The van der Waals surface area contributed by atoms with Crippen LogP contribution < -0.4 is 10.1 Å². The summed E-state index contributed by atoms with van der Waals surface area (Å²) in [6.07, 6.45) is 5.48. The summed E-state index contributed by atoms with van der Waals surface area (Å²) in [5.74, 6) is 1.25. The predicted octanol–water partition coefficient (Wildman–Crippen LogP) is 4.56. The maximum Gasteiger partial charge on any atom is 0.262 e. The summed E-state index contributed by atoms with van der Waals surface area (Å²) in [5.41, 5.74) is 3.07. The Morgan fingerprint density at radius 3 is 2.78 bits per heavy atom. The first-order valence-corrected chi connectivity index (χ1v) is 9.40. The van der Waals surface area contributed by atoms with Gasteiger partial charge < -0.3 is 14.6 Å². The van der Waals surface area contributed by atoms with Gasteiger partial charge in [0.15, 0.2) is 6.61 Å². The topological polar surface area (TPSA) is 56.1 Å². The Morgan fingerprint density at radius 1 is 1.15 bits per heavy atom. The number of hydrogen-bond acceptors (Lipinski definition) is 3. The molecule has 0 aliphatic carbocycles. The van der Waals surface area contributed by atoms with E-state index in [9.17, 15) is 4.79 Å². The number of para-hydroxylation sites is 1. The number of ether oxygens (including phenoxy) is 1. The van der Waals surface area contributed by atoms with E-state index in [1.165, 1.54) is 18.5 Å². The van der Waals surface area contributed by atoms with Crippen LogP contribution in [-0.2, 0) is 17.8 Å². The highest BCUT2D eigenvalue weighted by Crippen LogP contribution is 2.26. The highest BCUT2D eigenvalue weighted by molar-refractivity contribution is 6.32. The van der Waals surface area contributed by atoms with Gasteiger partial charge in [0.2, 0.25) is 0 Å². The zero-order valence-corrected chi connectivity index (χ0v) is 15.6. The minimum Gasteiger partial charge on any atom is -0.482 e. The Balaban J connectivity index is 1.38. The number of carbonyl (C=O) groups is 1. The summed E-state index contributed by atoms with van der Waals surface area (Å²) >= 11 is 6.02. The summed E-state index contributed by atoms with van der Waals surface area (Å²) in [4.78, 5) is 16.7. The Hall–Kier alpha value is -2.79. The summed E-state index contributed by atoms with van der Waals surface area (Å²) in [5, 5.41) is 3.32. The van der Waals surface area contributed by atoms with Crippen LogP contribution in [0.25, 0.3) is 11.4 Å². The molecule has 1 N–H and O–H groups in total. The van der Waals surface area contributed by atoms with Gasteiger partial charge in [0.05, 0.1) is 5.02 Å². The smallest absolute Gasteiger partial charge is 0.262 e. The van der Waals surface area contributed by atoms with E-state index in [1.807, 2.05) is 42.6 Å². The monoisotopic (exact) mass is 381 g/mol. The number of aryl methyl sites for hydroxylation is 1. The largest absolute Gasteiger partial charge is 0.482 e. The van der Waals surface area contributed by atoms with E-state index in [4.69, 9.17) is 16.3 Å². The van der Waals surface area contributed by atoms with Crippen molar-refractivity contribution in [2.75, 3.05) is 11.9 Å². The lowest BCUT2D eigenvalue weighted by molar-refractivity contribution is -0.118. The number of benzene rings is 2. The highest BCUT2D eigenvalue weighted by Gasteiger charge is 2.15. The molecule has 2 heterocycles. The van der Waals surface area contributed by atoms with E-state index in [0.717, 1.165) is 30.0 Å². The molecular formula is C21H20ClN3O2. The van der Waals surface area contributed by atoms with Gasteiger partial charge in [-0.2, -0.15) is 0 Å². The molecular weight excluding hydrogens is 362 g/mol. The van der Waals surface area contributed by atoms with Crippen molar-refractivity contribution in [2.24, 2.45) is 0 Å². The lowest BCUT2D eigenvalue weighted by atomic mass is 10.1. The molecule has 1 aromatic heterocycles. The SMILES string of the molecule is O=C(COc1ccccc1Cl)Nc1ccc(-c2ncc3n2CCCC3)cc1. The van der Waals surface area contributed by atoms with Gasteiger partial charge in [0.1, 0.15) is 11.6 Å². The lowest BCUT2D eigenvalue weighted by Gasteiger charge is -2.16. The lowest BCUT2D eigenvalue weighted by Crippen LogP contribution is -2.20. The van der Waals surface area contributed by atoms with Crippen LogP contribution in [0.1, 0.15) is 18.5 Å². The highest BCUT2D eigenvalue weighted by atomic mass is 35.5. The first-order chi connectivity index (χ1) is 13.2. The second-order valence-electron chi connectivity index (χ2n) is 6.53. The Bertz CT molecular complexity index is 950. The van der Waals surface area contributed by atoms with Crippen LogP contribution in [0, 0.1) is 0 Å². The summed E-state index contributed by atoms with van der Waals surface area (Å²) in [7, 11) is 0. The molecule has 0 spiro atoms. The van der Waals surface area contributed by atoms with E-state index in [0.29, 0.717) is 10.8 Å². The number of fused-ring (bicyclic) bond motifs is 1. The van der Waals surface area contributed by atoms with Gasteiger partial charge in [0.25, 0.3) is 5.91 Å². The van der Waals surface area contributed by atoms with Crippen LogP contribution in [0.15, 0.2) is 54.7 Å². The minimum absolute atomic E-state index is 0.0980. The van der Waals surface area contributed by atoms with Crippen LogP contribution in [-0.4, -0.2) is 22.1 Å². The Morgan fingerprint density at radius 2 is 1.96 bits per heavy atom. The number of nitrogens with zero attached hydrogens (tertiary/aromatic N) is 2. The molecule has 0 bridgehead atoms. The summed E-state index contributed by atoms with van der Waals surface area (Å²) in [6, 6.07) is 14.8. The molecule has 6 heteroatoms. The maximum absolute atomic E-state index is 12.1. The molecule has 138 valence electrons. The van der Waals surface area contributed by atoms with Crippen molar-refractivity contribution < 1.29 is 9.53 Å². The van der Waals surface area contributed by atoms with Crippen LogP contribution in [0.4, 0.5) is 5.69 Å². The van der Waals surface area contributed by atoms with Crippen molar-refractivity contribution in [3.8, 4) is 17.1 Å². The second kappa shape index (κ2) is 7.84. The Labute approximate surface area is 162 Å². The van der Waals surface area contributed by atoms with Crippen molar-refractivity contribution in [3.05, 3.63) is 65.4 Å². The molecule has 2 aromatic carbocycles. The molecule has 1 aliphatic heterocycles. The number of rotatable bonds is 5. The van der Waals surface area contributed by atoms with E-state index >= 15 is 0 Å². The average molecular weight is 382 g/mol. The molecule has 5 nitrogen and oxygen atoms in total. The van der Waals surface area contributed by atoms with Crippen molar-refractivity contribution in [1.82, 2.24) is 9.55 Å². The molecule has 0 fully saturated rings. The molecule has 1 aliphatic rings. The van der Waals surface area contributed by atoms with Crippen LogP contribution >= 0.6 is 11.6 Å². The van der Waals surface area contributed by atoms with E-state index in [1.54, 1.807) is 12.1 Å². The Kier molecular flexibility index (Phi) is 5.12. The minimum atomic E-state index is -0.235. The zero-order chi connectivity index (χ0) is 18.6. The van der Waals surface area contributed by atoms with Gasteiger partial charge in [-0.05, 0) is 55.7 Å². The standard InChI is InChI=1S/C21H20ClN3O2/c22-18-6-1-2-7-19(18)27-14-20(26)24-16-10-8-15(9-11-16)21-23-13-17-5-3-4-12-25(17)21/h1-2,6-11,13H,3-5,12,14H2,(H,24,26). The predicted molar refractivity (Wildman–Crippen MR) is 106 cm³/mol. The van der Waals surface area contributed by atoms with E-state index in [2.05, 4.69) is 14.9 Å². The fourth-order valence-electron chi connectivity index (χ4n) is 3.27. The third-order valence-electron chi connectivity index (χ3n) is 4.63. The third-order valence-corrected chi connectivity index (χ3v) is 4.94. The molecule has 27 heavy (non-hydrogen) atoms. The number of hydrogen-bond donors (Lipinski definition) is 1. The number of amides is 1. The molecule has 0 saturated carbocycles. The van der Waals surface area contributed by atoms with Gasteiger partial charge in [-0.25, -0.2) is 4.98 Å². The van der Waals surface area contributed by atoms with Crippen LogP contribution in [0.3, 0.4) is 0 Å². The molecule has 0 radical (unpaired) electrons. The van der Waals surface area contributed by atoms with Crippen LogP contribution in [0.2, 0.25) is 5.02 Å². The number of aromatic nitrogens is 2. The van der Waals surface area contributed by atoms with Crippen LogP contribution in [0.5, 0.6) is 5.75 Å². The normalized spacial score (nSPS) is 13.1. The molecule has 0 unspecified atom stereocenters. The first kappa shape index (κ1) is 17.6. The van der Waals surface area contributed by atoms with Gasteiger partial charge in [-0.15, -0.1) is 0 Å². The second-order valence-corrected chi connectivity index (χ2v) is 6.93. The fraction of sp³-hybridized carbons (Fsp3) is 0.238. The number of carbonyl (C=O) groups excluding carboxylic acids is 1. The van der Waals surface area contributed by atoms with Crippen molar-refractivity contribution in [1.29, 1.82) is 0 Å². The van der Waals surface area contributed by atoms with E-state index < -0.39 is 0 Å². The van der Waals surface area contributed by atoms with Gasteiger partial charge in [-0.3, -0.25) is 4.79 Å². The van der Waals surface area contributed by atoms with Gasteiger partial charge in [0, 0.05) is 29.7 Å². The maximum atomic E-state index is 12.1. The molecule has 0 atom stereocenters. The molecule has 3 aromatic rings. The van der Waals surface area contributed by atoms with Crippen molar-refractivity contribution in [3.63, 3.8) is 0 Å². The number of imidazole rings is 1. The number of nitrogens with one attached hydrogen (secondary N) is 1. The van der Waals surface area contributed by atoms with Gasteiger partial charge in [-0.1, -0.05) is 23.7 Å². The molecule has 1 amide bonds. The zero-order valence-electron chi connectivity index (χ0n) is 14.8.